The summed E-state index contributed by atoms with van der Waals surface area (Å²) in [6, 6.07) is 0. The van der Waals surface area contributed by atoms with Gasteiger partial charge >= 0.3 is 0 Å². The van der Waals surface area contributed by atoms with E-state index in [9.17, 15) is 0 Å². The van der Waals surface area contributed by atoms with Gasteiger partial charge in [-0.1, -0.05) is 0 Å². The van der Waals surface area contributed by atoms with Crippen molar-refractivity contribution in [3.05, 3.63) is 30.4 Å². The molecule has 0 saturated heterocycles. The van der Waals surface area contributed by atoms with Crippen molar-refractivity contribution >= 4 is 0 Å². The second-order valence-corrected chi connectivity index (χ2v) is 3.04. The lowest BCUT2D eigenvalue weighted by molar-refractivity contribution is 0.630. The van der Waals surface area contributed by atoms with Crippen LogP contribution in [0, 0.1) is 0 Å². The molecule has 0 aliphatic rings. The van der Waals surface area contributed by atoms with Gasteiger partial charge in [0.05, 0.1) is 12.9 Å². The molecule has 74 valence electrons. The van der Waals surface area contributed by atoms with Crippen LogP contribution in [0.3, 0.4) is 0 Å². The van der Waals surface area contributed by atoms with Crippen LogP contribution in [0.4, 0.5) is 0 Å². The second-order valence-electron chi connectivity index (χ2n) is 3.04. The van der Waals surface area contributed by atoms with Crippen LogP contribution in [0.5, 0.6) is 0 Å². The highest BCUT2D eigenvalue weighted by atomic mass is 15.3. The molecular formula is C8H12N6. The molecule has 0 amide bonds. The van der Waals surface area contributed by atoms with E-state index in [2.05, 4.69) is 25.5 Å². The summed E-state index contributed by atoms with van der Waals surface area (Å²) in [5, 5.41) is 11.0. The van der Waals surface area contributed by atoms with Gasteiger partial charge in [0.15, 0.2) is 0 Å². The first kappa shape index (κ1) is 8.89. The van der Waals surface area contributed by atoms with Gasteiger partial charge in [-0.15, -0.1) is 10.2 Å². The molecule has 0 saturated carbocycles. The Kier molecular flexibility index (Phi) is 2.55. The topological polar surface area (TPSA) is 71.4 Å². The third-order valence-electron chi connectivity index (χ3n) is 1.96. The molecule has 0 atom stereocenters. The van der Waals surface area contributed by atoms with Crippen LogP contribution < -0.4 is 5.32 Å². The zero-order valence-electron chi connectivity index (χ0n) is 7.94. The lowest BCUT2D eigenvalue weighted by Crippen LogP contribution is -2.15. The standard InChI is InChI=1S/C8H12N6/c1-14-6-12-13-8(14)4-9-2-7-3-10-5-11-7/h3,5-6,9H,2,4H2,1H3,(H,10,11). The summed E-state index contributed by atoms with van der Waals surface area (Å²) in [6.45, 7) is 1.46. The van der Waals surface area contributed by atoms with Gasteiger partial charge in [-0.25, -0.2) is 4.98 Å². The van der Waals surface area contributed by atoms with Crippen LogP contribution in [0.25, 0.3) is 0 Å². The average molecular weight is 192 g/mol. The number of hydrogen-bond donors (Lipinski definition) is 2. The summed E-state index contributed by atoms with van der Waals surface area (Å²) in [6.07, 6.45) is 5.15. The van der Waals surface area contributed by atoms with Crippen molar-refractivity contribution in [2.24, 2.45) is 7.05 Å². The van der Waals surface area contributed by atoms with E-state index in [0.717, 1.165) is 18.1 Å². The molecule has 2 aromatic rings. The highest BCUT2D eigenvalue weighted by Gasteiger charge is 1.99. The maximum absolute atomic E-state index is 3.96. The molecule has 0 fully saturated rings. The Balaban J connectivity index is 1.81. The summed E-state index contributed by atoms with van der Waals surface area (Å²) < 4.78 is 1.89. The fourth-order valence-electron chi connectivity index (χ4n) is 1.16. The van der Waals surface area contributed by atoms with Crippen LogP contribution in [-0.2, 0) is 20.1 Å². The summed E-state index contributed by atoms with van der Waals surface area (Å²) in [5.74, 6) is 0.921. The van der Waals surface area contributed by atoms with E-state index >= 15 is 0 Å². The van der Waals surface area contributed by atoms with Crippen molar-refractivity contribution in [2.45, 2.75) is 13.1 Å². The molecule has 6 heteroatoms. The largest absolute Gasteiger partial charge is 0.347 e. The fourth-order valence-corrected chi connectivity index (χ4v) is 1.16. The van der Waals surface area contributed by atoms with E-state index in [1.165, 1.54) is 0 Å². The summed E-state index contributed by atoms with van der Waals surface area (Å²) in [7, 11) is 1.92. The first-order valence-corrected chi connectivity index (χ1v) is 4.37. The Morgan fingerprint density at radius 2 is 2.43 bits per heavy atom. The van der Waals surface area contributed by atoms with Crippen molar-refractivity contribution in [3.8, 4) is 0 Å². The molecule has 0 aromatic carbocycles. The number of imidazole rings is 1. The number of rotatable bonds is 4. The highest BCUT2D eigenvalue weighted by molar-refractivity contribution is 4.94. The Bertz CT molecular complexity index is 376. The van der Waals surface area contributed by atoms with Gasteiger partial charge in [0.1, 0.15) is 12.2 Å². The SMILES string of the molecule is Cn1cnnc1CNCc1cnc[nH]1. The average Bonchev–Trinajstić information content (AvgIpc) is 2.78. The van der Waals surface area contributed by atoms with Gasteiger partial charge in [-0.2, -0.15) is 0 Å². The Morgan fingerprint density at radius 3 is 3.07 bits per heavy atom. The first-order chi connectivity index (χ1) is 6.86. The Hall–Kier alpha value is -1.69. The quantitative estimate of drug-likeness (QED) is 0.705. The summed E-state index contributed by atoms with van der Waals surface area (Å²) in [5.41, 5.74) is 1.06. The van der Waals surface area contributed by atoms with Crippen molar-refractivity contribution in [1.29, 1.82) is 0 Å². The number of H-pyrrole nitrogens is 1. The minimum atomic E-state index is 0.704. The Labute approximate surface area is 81.4 Å². The van der Waals surface area contributed by atoms with E-state index in [0.29, 0.717) is 6.54 Å². The number of nitrogens with one attached hydrogen (secondary N) is 2. The fraction of sp³-hybridized carbons (Fsp3) is 0.375. The maximum Gasteiger partial charge on any atom is 0.146 e. The molecule has 2 rings (SSSR count). The molecule has 0 aliphatic carbocycles. The van der Waals surface area contributed by atoms with Gasteiger partial charge in [0.25, 0.3) is 0 Å². The number of aryl methyl sites for hydroxylation is 1. The molecule has 2 heterocycles. The third kappa shape index (κ3) is 1.97. The number of nitrogens with zero attached hydrogens (tertiary/aromatic N) is 4. The lowest BCUT2D eigenvalue weighted by atomic mass is 10.4. The predicted octanol–water partition coefficient (Wildman–Crippen LogP) is -0.172. The van der Waals surface area contributed by atoms with Gasteiger partial charge in [0, 0.05) is 25.5 Å². The number of aromatic nitrogens is 5. The monoisotopic (exact) mass is 192 g/mol. The van der Waals surface area contributed by atoms with Crippen molar-refractivity contribution in [3.63, 3.8) is 0 Å². The van der Waals surface area contributed by atoms with E-state index in [1.807, 2.05) is 11.6 Å². The smallest absolute Gasteiger partial charge is 0.146 e. The lowest BCUT2D eigenvalue weighted by Gasteiger charge is -2.01. The molecule has 2 N–H and O–H groups in total. The molecule has 0 radical (unpaired) electrons. The number of hydrogen-bond acceptors (Lipinski definition) is 4. The van der Waals surface area contributed by atoms with Crippen molar-refractivity contribution in [1.82, 2.24) is 30.0 Å². The van der Waals surface area contributed by atoms with Crippen molar-refractivity contribution < 1.29 is 0 Å². The van der Waals surface area contributed by atoms with Crippen LogP contribution in [0.1, 0.15) is 11.5 Å². The molecule has 0 bridgehead atoms. The molecule has 14 heavy (non-hydrogen) atoms. The second kappa shape index (κ2) is 4.01. The van der Waals surface area contributed by atoms with Crippen LogP contribution in [0.15, 0.2) is 18.9 Å². The van der Waals surface area contributed by atoms with Gasteiger partial charge < -0.3 is 14.9 Å². The minimum Gasteiger partial charge on any atom is -0.347 e. The van der Waals surface area contributed by atoms with Crippen LogP contribution >= 0.6 is 0 Å². The molecular weight excluding hydrogens is 180 g/mol. The molecule has 0 spiro atoms. The highest BCUT2D eigenvalue weighted by Crippen LogP contribution is 1.93. The van der Waals surface area contributed by atoms with E-state index < -0.39 is 0 Å². The minimum absolute atomic E-state index is 0.704. The third-order valence-corrected chi connectivity index (χ3v) is 1.96. The molecule has 0 aliphatic heterocycles. The van der Waals surface area contributed by atoms with Crippen LogP contribution in [-0.4, -0.2) is 24.7 Å². The predicted molar refractivity (Wildman–Crippen MR) is 50.1 cm³/mol. The van der Waals surface area contributed by atoms with Gasteiger partial charge in [0.2, 0.25) is 0 Å². The normalized spacial score (nSPS) is 10.6. The Morgan fingerprint density at radius 1 is 1.50 bits per heavy atom. The zero-order chi connectivity index (χ0) is 9.80. The van der Waals surface area contributed by atoms with Crippen LogP contribution in [0.2, 0.25) is 0 Å². The van der Waals surface area contributed by atoms with Crippen molar-refractivity contribution in [2.75, 3.05) is 0 Å². The first-order valence-electron chi connectivity index (χ1n) is 4.37. The van der Waals surface area contributed by atoms with E-state index in [4.69, 9.17) is 0 Å². The molecule has 2 aromatic heterocycles. The zero-order valence-corrected chi connectivity index (χ0v) is 7.94. The van der Waals surface area contributed by atoms with Gasteiger partial charge in [-0.3, -0.25) is 0 Å². The van der Waals surface area contributed by atoms with E-state index in [-0.39, 0.29) is 0 Å². The number of aromatic amines is 1. The summed E-state index contributed by atoms with van der Waals surface area (Å²) in [4.78, 5) is 6.94. The summed E-state index contributed by atoms with van der Waals surface area (Å²) >= 11 is 0. The maximum atomic E-state index is 3.96. The van der Waals surface area contributed by atoms with E-state index in [1.54, 1.807) is 18.9 Å². The molecule has 0 unspecified atom stereocenters. The molecule has 6 nitrogen and oxygen atoms in total. The van der Waals surface area contributed by atoms with Gasteiger partial charge in [-0.05, 0) is 0 Å².